The standard InChI is InChI=1S/C13H17NO2/c1-2-14(9-6-10-15)13(16)11-12-7-4-3-5-8-12/h3-5,7-8,10H,2,6,9,11H2,1H3. The number of carbonyl (C=O) groups is 2. The van der Waals surface area contributed by atoms with E-state index in [1.807, 2.05) is 37.3 Å². The van der Waals surface area contributed by atoms with Crippen molar-refractivity contribution >= 4 is 12.2 Å². The molecule has 1 amide bonds. The zero-order valence-electron chi connectivity index (χ0n) is 9.56. The van der Waals surface area contributed by atoms with Crippen LogP contribution in [0.4, 0.5) is 0 Å². The van der Waals surface area contributed by atoms with Gasteiger partial charge in [0.05, 0.1) is 6.42 Å². The molecular formula is C13H17NO2. The summed E-state index contributed by atoms with van der Waals surface area (Å²) >= 11 is 0. The summed E-state index contributed by atoms with van der Waals surface area (Å²) in [6, 6.07) is 9.64. The van der Waals surface area contributed by atoms with E-state index in [0.29, 0.717) is 25.9 Å². The number of amides is 1. The molecule has 3 nitrogen and oxygen atoms in total. The first-order valence-corrected chi connectivity index (χ1v) is 5.53. The Labute approximate surface area is 96.1 Å². The molecular weight excluding hydrogens is 202 g/mol. The van der Waals surface area contributed by atoms with Gasteiger partial charge in [0.15, 0.2) is 0 Å². The van der Waals surface area contributed by atoms with Gasteiger partial charge < -0.3 is 9.69 Å². The van der Waals surface area contributed by atoms with Crippen LogP contribution >= 0.6 is 0 Å². The van der Waals surface area contributed by atoms with Gasteiger partial charge in [-0.2, -0.15) is 0 Å². The molecule has 86 valence electrons. The van der Waals surface area contributed by atoms with Crippen LogP contribution in [0.5, 0.6) is 0 Å². The van der Waals surface area contributed by atoms with Crippen molar-refractivity contribution in [3.63, 3.8) is 0 Å². The largest absolute Gasteiger partial charge is 0.342 e. The summed E-state index contributed by atoms with van der Waals surface area (Å²) in [6.07, 6.45) is 1.67. The Morgan fingerprint density at radius 1 is 1.31 bits per heavy atom. The molecule has 0 radical (unpaired) electrons. The van der Waals surface area contributed by atoms with Crippen LogP contribution in [0.3, 0.4) is 0 Å². The van der Waals surface area contributed by atoms with E-state index < -0.39 is 0 Å². The molecule has 0 saturated heterocycles. The second-order valence-corrected chi connectivity index (χ2v) is 3.59. The molecule has 1 rings (SSSR count). The van der Waals surface area contributed by atoms with E-state index in [2.05, 4.69) is 0 Å². The highest BCUT2D eigenvalue weighted by molar-refractivity contribution is 5.78. The normalized spacial score (nSPS) is 9.81. The Balaban J connectivity index is 2.52. The zero-order chi connectivity index (χ0) is 11.8. The van der Waals surface area contributed by atoms with Gasteiger partial charge in [-0.25, -0.2) is 0 Å². The Hall–Kier alpha value is -1.64. The van der Waals surface area contributed by atoms with Crippen molar-refractivity contribution in [2.45, 2.75) is 19.8 Å². The molecule has 0 fully saturated rings. The number of aldehydes is 1. The van der Waals surface area contributed by atoms with Crippen LogP contribution in [-0.4, -0.2) is 30.2 Å². The van der Waals surface area contributed by atoms with Gasteiger partial charge in [0, 0.05) is 19.5 Å². The minimum atomic E-state index is 0.0792. The van der Waals surface area contributed by atoms with Gasteiger partial charge in [-0.05, 0) is 12.5 Å². The van der Waals surface area contributed by atoms with E-state index in [1.54, 1.807) is 4.90 Å². The summed E-state index contributed by atoms with van der Waals surface area (Å²) in [5.74, 6) is 0.0792. The van der Waals surface area contributed by atoms with Crippen LogP contribution in [0.15, 0.2) is 30.3 Å². The molecule has 16 heavy (non-hydrogen) atoms. The maximum atomic E-state index is 11.9. The van der Waals surface area contributed by atoms with Crippen molar-refractivity contribution in [2.24, 2.45) is 0 Å². The first kappa shape index (κ1) is 12.4. The molecule has 0 heterocycles. The maximum absolute atomic E-state index is 11.9. The van der Waals surface area contributed by atoms with Gasteiger partial charge in [0.25, 0.3) is 0 Å². The van der Waals surface area contributed by atoms with Crippen molar-refractivity contribution in [1.29, 1.82) is 0 Å². The van der Waals surface area contributed by atoms with Crippen LogP contribution in [0.1, 0.15) is 18.9 Å². The fourth-order valence-electron chi connectivity index (χ4n) is 1.55. The average Bonchev–Trinajstić information content (AvgIpc) is 2.31. The molecule has 0 aromatic heterocycles. The third kappa shape index (κ3) is 3.85. The number of likely N-dealkylation sites (N-methyl/N-ethyl adjacent to an activating group) is 1. The minimum Gasteiger partial charge on any atom is -0.342 e. The number of hydrogen-bond donors (Lipinski definition) is 0. The molecule has 0 saturated carbocycles. The lowest BCUT2D eigenvalue weighted by atomic mass is 10.1. The second kappa shape index (κ2) is 6.77. The summed E-state index contributed by atoms with van der Waals surface area (Å²) in [5.41, 5.74) is 1.01. The first-order valence-electron chi connectivity index (χ1n) is 5.53. The molecule has 0 bridgehead atoms. The van der Waals surface area contributed by atoms with Crippen LogP contribution in [0, 0.1) is 0 Å². The smallest absolute Gasteiger partial charge is 0.226 e. The highest BCUT2D eigenvalue weighted by atomic mass is 16.2. The monoisotopic (exact) mass is 219 g/mol. The molecule has 0 unspecified atom stereocenters. The van der Waals surface area contributed by atoms with E-state index in [-0.39, 0.29) is 5.91 Å². The fraction of sp³-hybridized carbons (Fsp3) is 0.385. The quantitative estimate of drug-likeness (QED) is 0.682. The summed E-state index contributed by atoms with van der Waals surface area (Å²) in [6.45, 7) is 3.10. The second-order valence-electron chi connectivity index (χ2n) is 3.59. The maximum Gasteiger partial charge on any atom is 0.226 e. The van der Waals surface area contributed by atoms with Gasteiger partial charge in [-0.3, -0.25) is 4.79 Å². The third-order valence-corrected chi connectivity index (χ3v) is 2.45. The molecule has 0 aliphatic carbocycles. The summed E-state index contributed by atoms with van der Waals surface area (Å²) in [5, 5.41) is 0. The van der Waals surface area contributed by atoms with Crippen molar-refractivity contribution < 1.29 is 9.59 Å². The molecule has 3 heteroatoms. The van der Waals surface area contributed by atoms with Crippen LogP contribution in [0.25, 0.3) is 0 Å². The molecule has 1 aromatic carbocycles. The highest BCUT2D eigenvalue weighted by Gasteiger charge is 2.11. The lowest BCUT2D eigenvalue weighted by molar-refractivity contribution is -0.130. The van der Waals surface area contributed by atoms with Gasteiger partial charge in [0.1, 0.15) is 6.29 Å². The van der Waals surface area contributed by atoms with Gasteiger partial charge in [0.2, 0.25) is 5.91 Å². The van der Waals surface area contributed by atoms with Crippen molar-refractivity contribution in [1.82, 2.24) is 4.90 Å². The predicted octanol–water partition coefficient (Wildman–Crippen LogP) is 1.67. The summed E-state index contributed by atoms with van der Waals surface area (Å²) < 4.78 is 0. The van der Waals surface area contributed by atoms with E-state index in [1.165, 1.54) is 0 Å². The minimum absolute atomic E-state index is 0.0792. The summed E-state index contributed by atoms with van der Waals surface area (Å²) in [4.78, 5) is 23.8. The number of carbonyl (C=O) groups excluding carboxylic acids is 2. The van der Waals surface area contributed by atoms with Crippen molar-refractivity contribution in [3.8, 4) is 0 Å². The Bertz CT molecular complexity index is 335. The third-order valence-electron chi connectivity index (χ3n) is 2.45. The Morgan fingerprint density at radius 2 is 2.00 bits per heavy atom. The number of hydrogen-bond acceptors (Lipinski definition) is 2. The molecule has 1 aromatic rings. The van der Waals surface area contributed by atoms with Crippen molar-refractivity contribution in [3.05, 3.63) is 35.9 Å². The van der Waals surface area contributed by atoms with Crippen LogP contribution in [0.2, 0.25) is 0 Å². The Kier molecular flexibility index (Phi) is 5.26. The zero-order valence-corrected chi connectivity index (χ0v) is 9.56. The van der Waals surface area contributed by atoms with E-state index in [4.69, 9.17) is 0 Å². The highest BCUT2D eigenvalue weighted by Crippen LogP contribution is 2.03. The van der Waals surface area contributed by atoms with E-state index in [0.717, 1.165) is 11.8 Å². The molecule has 0 spiro atoms. The first-order chi connectivity index (χ1) is 7.77. The lowest BCUT2D eigenvalue weighted by Crippen LogP contribution is -2.33. The number of rotatable bonds is 6. The molecule has 0 N–H and O–H groups in total. The number of benzene rings is 1. The average molecular weight is 219 g/mol. The van der Waals surface area contributed by atoms with E-state index >= 15 is 0 Å². The SMILES string of the molecule is CCN(CCC=O)C(=O)Cc1ccccc1. The van der Waals surface area contributed by atoms with Gasteiger partial charge >= 0.3 is 0 Å². The van der Waals surface area contributed by atoms with Crippen LogP contribution < -0.4 is 0 Å². The predicted molar refractivity (Wildman–Crippen MR) is 63.1 cm³/mol. The van der Waals surface area contributed by atoms with Gasteiger partial charge in [-0.15, -0.1) is 0 Å². The molecule has 0 aliphatic heterocycles. The Morgan fingerprint density at radius 3 is 2.56 bits per heavy atom. The van der Waals surface area contributed by atoms with Crippen molar-refractivity contribution in [2.75, 3.05) is 13.1 Å². The van der Waals surface area contributed by atoms with Gasteiger partial charge in [-0.1, -0.05) is 30.3 Å². The van der Waals surface area contributed by atoms with E-state index in [9.17, 15) is 9.59 Å². The molecule has 0 atom stereocenters. The summed E-state index contributed by atoms with van der Waals surface area (Å²) in [7, 11) is 0. The van der Waals surface area contributed by atoms with Crippen LogP contribution in [-0.2, 0) is 16.0 Å². The fourth-order valence-corrected chi connectivity index (χ4v) is 1.55. The number of nitrogens with zero attached hydrogens (tertiary/aromatic N) is 1. The lowest BCUT2D eigenvalue weighted by Gasteiger charge is -2.19. The molecule has 0 aliphatic rings. The topological polar surface area (TPSA) is 37.4 Å².